The number of halogens is 2. The molecule has 0 aliphatic carbocycles. The molecular formula is C22H21F2N3O4. The van der Waals surface area contributed by atoms with Crippen LogP contribution < -0.4 is 9.64 Å². The van der Waals surface area contributed by atoms with Gasteiger partial charge in [0.05, 0.1) is 24.3 Å². The van der Waals surface area contributed by atoms with Gasteiger partial charge in [0.15, 0.2) is 11.9 Å². The molecule has 3 fully saturated rings. The van der Waals surface area contributed by atoms with E-state index in [-0.39, 0.29) is 35.8 Å². The van der Waals surface area contributed by atoms with Gasteiger partial charge in [-0.1, -0.05) is 12.1 Å². The molecule has 2 aromatic carbocycles. The number of hydrogen-bond acceptors (Lipinski definition) is 6. The quantitative estimate of drug-likeness (QED) is 0.664. The molecule has 4 atom stereocenters. The summed E-state index contributed by atoms with van der Waals surface area (Å²) in [6, 6.07) is 8.48. The third-order valence-electron chi connectivity index (χ3n) is 6.27. The summed E-state index contributed by atoms with van der Waals surface area (Å²) in [5, 5.41) is 9.85. The van der Waals surface area contributed by atoms with Crippen LogP contribution in [0, 0.1) is 11.6 Å². The van der Waals surface area contributed by atoms with E-state index in [1.54, 1.807) is 12.1 Å². The predicted molar refractivity (Wildman–Crippen MR) is 108 cm³/mol. The first kappa shape index (κ1) is 19.0. The van der Waals surface area contributed by atoms with Gasteiger partial charge in [0, 0.05) is 24.8 Å². The van der Waals surface area contributed by atoms with Gasteiger partial charge in [0.2, 0.25) is 0 Å². The van der Waals surface area contributed by atoms with Crippen molar-refractivity contribution in [1.82, 2.24) is 9.97 Å². The number of aromatic amines is 1. The van der Waals surface area contributed by atoms with Gasteiger partial charge in [-0.25, -0.2) is 8.78 Å². The fourth-order valence-corrected chi connectivity index (χ4v) is 4.48. The maximum atomic E-state index is 15.3. The zero-order valence-electron chi connectivity index (χ0n) is 16.6. The minimum absolute atomic E-state index is 0.000981. The molecule has 31 heavy (non-hydrogen) atoms. The monoisotopic (exact) mass is 429 g/mol. The number of benzene rings is 2. The second-order valence-electron chi connectivity index (χ2n) is 8.19. The molecule has 0 amide bonds. The number of nitrogens with one attached hydrogen (secondary N) is 1. The number of ether oxygens (including phenoxy) is 3. The topological polar surface area (TPSA) is 79.8 Å². The molecule has 3 aromatic rings. The highest BCUT2D eigenvalue weighted by Gasteiger charge is 2.48. The first-order valence-corrected chi connectivity index (χ1v) is 10.4. The van der Waals surface area contributed by atoms with Crippen LogP contribution in [0.4, 0.5) is 14.5 Å². The third-order valence-corrected chi connectivity index (χ3v) is 6.27. The van der Waals surface area contributed by atoms with Crippen LogP contribution in [0.25, 0.3) is 22.2 Å². The lowest BCUT2D eigenvalue weighted by molar-refractivity contribution is 0.00706. The van der Waals surface area contributed by atoms with E-state index < -0.39 is 36.1 Å². The number of aromatic nitrogens is 2. The summed E-state index contributed by atoms with van der Waals surface area (Å²) >= 11 is 0. The fraction of sp³-hybridized carbons (Fsp3) is 0.409. The van der Waals surface area contributed by atoms with Gasteiger partial charge in [0.1, 0.15) is 29.6 Å². The van der Waals surface area contributed by atoms with E-state index in [0.29, 0.717) is 5.56 Å². The largest absolute Gasteiger partial charge is 0.456 e. The SMILES string of the molecule is OC1CO[C@@H]2C(Oc3nc4c(F)c(-c5ccc(N6CCC6)cc5)c(F)cc4[nH]3)CO[C@H]12. The number of aliphatic hydroxyl groups is 1. The minimum atomic E-state index is -0.745. The first-order chi connectivity index (χ1) is 15.1. The molecule has 0 spiro atoms. The molecule has 0 radical (unpaired) electrons. The van der Waals surface area contributed by atoms with Gasteiger partial charge >= 0.3 is 0 Å². The zero-order valence-corrected chi connectivity index (χ0v) is 16.6. The molecule has 0 bridgehead atoms. The molecule has 6 rings (SSSR count). The van der Waals surface area contributed by atoms with Gasteiger partial charge in [0.25, 0.3) is 6.01 Å². The first-order valence-electron chi connectivity index (χ1n) is 10.4. The average Bonchev–Trinajstić information content (AvgIpc) is 3.40. The van der Waals surface area contributed by atoms with Crippen LogP contribution in [-0.2, 0) is 9.47 Å². The highest BCUT2D eigenvalue weighted by atomic mass is 19.1. The van der Waals surface area contributed by atoms with Crippen LogP contribution in [0.2, 0.25) is 0 Å². The Balaban J connectivity index is 1.29. The van der Waals surface area contributed by atoms with Gasteiger partial charge in [-0.05, 0) is 24.1 Å². The molecule has 4 heterocycles. The molecule has 0 saturated carbocycles. The molecule has 2 N–H and O–H groups in total. The minimum Gasteiger partial charge on any atom is -0.456 e. The van der Waals surface area contributed by atoms with E-state index in [1.807, 2.05) is 12.1 Å². The summed E-state index contributed by atoms with van der Waals surface area (Å²) in [6.45, 7) is 2.40. The average molecular weight is 429 g/mol. The van der Waals surface area contributed by atoms with E-state index in [0.717, 1.165) is 25.2 Å². The van der Waals surface area contributed by atoms with Crippen LogP contribution in [0.1, 0.15) is 6.42 Å². The van der Waals surface area contributed by atoms with Gasteiger partial charge in [-0.2, -0.15) is 4.98 Å². The normalized spacial score (nSPS) is 27.5. The maximum absolute atomic E-state index is 15.3. The van der Waals surface area contributed by atoms with E-state index >= 15 is 4.39 Å². The molecule has 3 aliphatic rings. The Bertz CT molecular complexity index is 1130. The van der Waals surface area contributed by atoms with E-state index in [9.17, 15) is 9.50 Å². The van der Waals surface area contributed by atoms with Crippen molar-refractivity contribution in [2.75, 3.05) is 31.2 Å². The Kier molecular flexibility index (Phi) is 4.38. The smallest absolute Gasteiger partial charge is 0.295 e. The summed E-state index contributed by atoms with van der Waals surface area (Å²) in [4.78, 5) is 9.23. The van der Waals surface area contributed by atoms with Gasteiger partial charge in [-0.3, -0.25) is 0 Å². The van der Waals surface area contributed by atoms with Crippen molar-refractivity contribution in [1.29, 1.82) is 0 Å². The van der Waals surface area contributed by atoms with Crippen LogP contribution >= 0.6 is 0 Å². The zero-order chi connectivity index (χ0) is 21.1. The lowest BCUT2D eigenvalue weighted by atomic mass is 10.0. The van der Waals surface area contributed by atoms with E-state index in [4.69, 9.17) is 14.2 Å². The number of aliphatic hydroxyl groups excluding tert-OH is 1. The van der Waals surface area contributed by atoms with Crippen molar-refractivity contribution in [3.8, 4) is 17.1 Å². The van der Waals surface area contributed by atoms with Crippen molar-refractivity contribution in [2.24, 2.45) is 0 Å². The number of H-pyrrole nitrogens is 1. The Morgan fingerprint density at radius 1 is 1.10 bits per heavy atom. The van der Waals surface area contributed by atoms with E-state index in [1.165, 1.54) is 6.07 Å². The number of fused-ring (bicyclic) bond motifs is 2. The summed E-state index contributed by atoms with van der Waals surface area (Å²) in [5.74, 6) is -1.42. The fourth-order valence-electron chi connectivity index (χ4n) is 4.48. The second kappa shape index (κ2) is 7.15. The lowest BCUT2D eigenvalue weighted by Crippen LogP contribution is -2.36. The Hall–Kier alpha value is -2.75. The number of imidazole rings is 1. The van der Waals surface area contributed by atoms with Crippen molar-refractivity contribution in [3.05, 3.63) is 42.0 Å². The molecule has 7 nitrogen and oxygen atoms in total. The highest BCUT2D eigenvalue weighted by molar-refractivity contribution is 5.84. The Morgan fingerprint density at radius 3 is 2.61 bits per heavy atom. The third kappa shape index (κ3) is 3.07. The van der Waals surface area contributed by atoms with Crippen molar-refractivity contribution >= 4 is 16.7 Å². The molecule has 9 heteroatoms. The number of anilines is 1. The lowest BCUT2D eigenvalue weighted by Gasteiger charge is -2.33. The Morgan fingerprint density at radius 2 is 1.87 bits per heavy atom. The van der Waals surface area contributed by atoms with Gasteiger partial charge < -0.3 is 29.2 Å². The molecular weight excluding hydrogens is 408 g/mol. The van der Waals surface area contributed by atoms with Gasteiger partial charge in [-0.15, -0.1) is 0 Å². The number of rotatable bonds is 4. The van der Waals surface area contributed by atoms with Crippen LogP contribution in [0.5, 0.6) is 6.01 Å². The maximum Gasteiger partial charge on any atom is 0.295 e. The summed E-state index contributed by atoms with van der Waals surface area (Å²) in [6.07, 6.45) is -0.911. The molecule has 2 unspecified atom stereocenters. The van der Waals surface area contributed by atoms with Crippen molar-refractivity contribution < 1.29 is 28.1 Å². The van der Waals surface area contributed by atoms with Crippen LogP contribution in [0.15, 0.2) is 30.3 Å². The predicted octanol–water partition coefficient (Wildman–Crippen LogP) is 2.62. The summed E-state index contributed by atoms with van der Waals surface area (Å²) in [5.41, 5.74) is 1.58. The second-order valence-corrected chi connectivity index (χ2v) is 8.19. The summed E-state index contributed by atoms with van der Waals surface area (Å²) in [7, 11) is 0. The van der Waals surface area contributed by atoms with Crippen molar-refractivity contribution in [3.63, 3.8) is 0 Å². The van der Waals surface area contributed by atoms with Crippen LogP contribution in [-0.4, -0.2) is 65.8 Å². The van der Waals surface area contributed by atoms with Crippen molar-refractivity contribution in [2.45, 2.75) is 30.8 Å². The molecule has 3 aliphatic heterocycles. The molecule has 1 aromatic heterocycles. The number of nitrogens with zero attached hydrogens (tertiary/aromatic N) is 2. The standard InChI is InChI=1S/C22H21F2N3O4/c23-13-8-14-19(18(24)17(13)11-2-4-12(5-3-11)27-6-1-7-27)26-22(25-14)31-16-10-30-20-15(28)9-29-21(16)20/h2-5,8,15-16,20-21,28H,1,6-7,9-10H2,(H,25,26)/t15?,16?,20-,21-/m1/s1. The summed E-state index contributed by atoms with van der Waals surface area (Å²) < 4.78 is 47.0. The van der Waals surface area contributed by atoms with E-state index in [2.05, 4.69) is 14.9 Å². The number of hydrogen-bond donors (Lipinski definition) is 2. The highest BCUT2D eigenvalue weighted by Crippen LogP contribution is 2.35. The molecule has 162 valence electrons. The molecule has 3 saturated heterocycles. The Labute approximate surface area is 176 Å². The van der Waals surface area contributed by atoms with Crippen LogP contribution in [0.3, 0.4) is 0 Å².